The smallest absolute Gasteiger partial charge is 0.231 e. The summed E-state index contributed by atoms with van der Waals surface area (Å²) in [4.78, 5) is 0. The van der Waals surface area contributed by atoms with Gasteiger partial charge in [0.15, 0.2) is 11.5 Å². The van der Waals surface area contributed by atoms with E-state index in [4.69, 9.17) is 19.6 Å². The molecule has 0 spiro atoms. The van der Waals surface area contributed by atoms with Gasteiger partial charge in [0, 0.05) is 12.3 Å². The molecule has 0 radical (unpaired) electrons. The number of rotatable bonds is 4. The van der Waals surface area contributed by atoms with Gasteiger partial charge in [-0.05, 0) is 36.4 Å². The Morgan fingerprint density at radius 1 is 1.17 bits per heavy atom. The standard InChI is InChI=1S/C14H15NO3/c15-8-11(6-12-2-1-5-16-12)10-3-4-13-14(7-10)18-9-17-13/h1-5,7,11H,6,8-9,15H2. The lowest BCUT2D eigenvalue weighted by Crippen LogP contribution is -2.14. The molecule has 2 aromatic rings. The van der Waals surface area contributed by atoms with Crippen molar-refractivity contribution in [2.45, 2.75) is 12.3 Å². The van der Waals surface area contributed by atoms with Crippen LogP contribution in [0.3, 0.4) is 0 Å². The summed E-state index contributed by atoms with van der Waals surface area (Å²) in [5.41, 5.74) is 7.00. The largest absolute Gasteiger partial charge is 0.469 e. The molecule has 4 heteroatoms. The van der Waals surface area contributed by atoms with Crippen molar-refractivity contribution < 1.29 is 13.9 Å². The molecule has 1 aromatic carbocycles. The Balaban J connectivity index is 1.83. The quantitative estimate of drug-likeness (QED) is 0.897. The molecule has 18 heavy (non-hydrogen) atoms. The van der Waals surface area contributed by atoms with E-state index in [2.05, 4.69) is 0 Å². The van der Waals surface area contributed by atoms with E-state index in [1.165, 1.54) is 0 Å². The zero-order chi connectivity index (χ0) is 12.4. The van der Waals surface area contributed by atoms with Gasteiger partial charge in [0.25, 0.3) is 0 Å². The summed E-state index contributed by atoms with van der Waals surface area (Å²) in [7, 11) is 0. The van der Waals surface area contributed by atoms with Crippen LogP contribution in [0.2, 0.25) is 0 Å². The molecule has 0 amide bonds. The van der Waals surface area contributed by atoms with Gasteiger partial charge in [0.2, 0.25) is 6.79 Å². The van der Waals surface area contributed by atoms with Gasteiger partial charge < -0.3 is 19.6 Å². The molecular weight excluding hydrogens is 230 g/mol. The predicted molar refractivity (Wildman–Crippen MR) is 66.8 cm³/mol. The predicted octanol–water partition coefficient (Wildman–Crippen LogP) is 2.29. The van der Waals surface area contributed by atoms with E-state index >= 15 is 0 Å². The van der Waals surface area contributed by atoms with Crippen LogP contribution >= 0.6 is 0 Å². The van der Waals surface area contributed by atoms with Crippen molar-refractivity contribution in [3.63, 3.8) is 0 Å². The molecule has 2 N–H and O–H groups in total. The Labute approximate surface area is 105 Å². The molecule has 94 valence electrons. The van der Waals surface area contributed by atoms with Crippen LogP contribution in [0.15, 0.2) is 41.0 Å². The van der Waals surface area contributed by atoms with E-state index in [-0.39, 0.29) is 5.92 Å². The normalized spacial score (nSPS) is 14.7. The molecule has 1 unspecified atom stereocenters. The average molecular weight is 245 g/mol. The number of ether oxygens (including phenoxy) is 2. The van der Waals surface area contributed by atoms with E-state index in [1.807, 2.05) is 30.3 Å². The van der Waals surface area contributed by atoms with Crippen LogP contribution in [0.1, 0.15) is 17.2 Å². The number of nitrogens with two attached hydrogens (primary N) is 1. The Hall–Kier alpha value is -1.94. The Morgan fingerprint density at radius 2 is 2.06 bits per heavy atom. The summed E-state index contributed by atoms with van der Waals surface area (Å²) in [6.07, 6.45) is 2.48. The lowest BCUT2D eigenvalue weighted by atomic mass is 9.94. The van der Waals surface area contributed by atoms with Gasteiger partial charge in [-0.3, -0.25) is 0 Å². The third kappa shape index (κ3) is 2.07. The number of hydrogen-bond acceptors (Lipinski definition) is 4. The molecule has 3 rings (SSSR count). The van der Waals surface area contributed by atoms with Crippen LogP contribution < -0.4 is 15.2 Å². The minimum atomic E-state index is 0.227. The maximum Gasteiger partial charge on any atom is 0.231 e. The molecule has 1 atom stereocenters. The highest BCUT2D eigenvalue weighted by atomic mass is 16.7. The molecule has 0 saturated heterocycles. The SMILES string of the molecule is NCC(Cc1ccco1)c1ccc2c(c1)OCO2. The monoisotopic (exact) mass is 245 g/mol. The summed E-state index contributed by atoms with van der Waals surface area (Å²) in [6, 6.07) is 9.83. The molecule has 0 saturated carbocycles. The highest BCUT2D eigenvalue weighted by Crippen LogP contribution is 2.35. The average Bonchev–Trinajstić information content (AvgIpc) is 3.06. The van der Waals surface area contributed by atoms with Crippen LogP contribution in [0, 0.1) is 0 Å². The summed E-state index contributed by atoms with van der Waals surface area (Å²) >= 11 is 0. The second kappa shape index (κ2) is 4.74. The lowest BCUT2D eigenvalue weighted by Gasteiger charge is -2.14. The van der Waals surface area contributed by atoms with Gasteiger partial charge in [-0.25, -0.2) is 0 Å². The molecule has 0 bridgehead atoms. The summed E-state index contributed by atoms with van der Waals surface area (Å²) in [6.45, 7) is 0.866. The van der Waals surface area contributed by atoms with Crippen molar-refractivity contribution >= 4 is 0 Å². The molecule has 2 heterocycles. The molecule has 1 aromatic heterocycles. The fourth-order valence-corrected chi connectivity index (χ4v) is 2.18. The first-order valence-electron chi connectivity index (χ1n) is 5.99. The van der Waals surface area contributed by atoms with E-state index in [9.17, 15) is 0 Å². The van der Waals surface area contributed by atoms with E-state index in [1.54, 1.807) is 6.26 Å². The van der Waals surface area contributed by atoms with E-state index < -0.39 is 0 Å². The molecular formula is C14H15NO3. The minimum Gasteiger partial charge on any atom is -0.469 e. The third-order valence-corrected chi connectivity index (χ3v) is 3.18. The zero-order valence-corrected chi connectivity index (χ0v) is 9.96. The second-order valence-electron chi connectivity index (χ2n) is 4.33. The topological polar surface area (TPSA) is 57.6 Å². The van der Waals surface area contributed by atoms with Gasteiger partial charge in [-0.15, -0.1) is 0 Å². The minimum absolute atomic E-state index is 0.227. The van der Waals surface area contributed by atoms with Crippen molar-refractivity contribution in [2.75, 3.05) is 13.3 Å². The number of hydrogen-bond donors (Lipinski definition) is 1. The fourth-order valence-electron chi connectivity index (χ4n) is 2.18. The molecule has 1 aliphatic rings. The van der Waals surface area contributed by atoms with Gasteiger partial charge in [0.1, 0.15) is 5.76 Å². The summed E-state index contributed by atoms with van der Waals surface area (Å²) in [5, 5.41) is 0. The van der Waals surface area contributed by atoms with Crippen molar-refractivity contribution in [3.8, 4) is 11.5 Å². The van der Waals surface area contributed by atoms with Crippen molar-refractivity contribution in [1.82, 2.24) is 0 Å². The highest BCUT2D eigenvalue weighted by Gasteiger charge is 2.18. The van der Waals surface area contributed by atoms with Crippen molar-refractivity contribution in [2.24, 2.45) is 5.73 Å². The van der Waals surface area contributed by atoms with Crippen LogP contribution in [0.5, 0.6) is 11.5 Å². The molecule has 4 nitrogen and oxygen atoms in total. The Morgan fingerprint density at radius 3 is 2.83 bits per heavy atom. The van der Waals surface area contributed by atoms with Gasteiger partial charge in [-0.2, -0.15) is 0 Å². The van der Waals surface area contributed by atoms with Crippen molar-refractivity contribution in [1.29, 1.82) is 0 Å². The van der Waals surface area contributed by atoms with Gasteiger partial charge >= 0.3 is 0 Å². The number of furan rings is 1. The molecule has 0 fully saturated rings. The fraction of sp³-hybridized carbons (Fsp3) is 0.286. The molecule has 1 aliphatic heterocycles. The summed E-state index contributed by atoms with van der Waals surface area (Å²) < 4.78 is 16.1. The maximum atomic E-state index is 5.85. The van der Waals surface area contributed by atoms with Gasteiger partial charge in [0.05, 0.1) is 6.26 Å². The maximum absolute atomic E-state index is 5.85. The molecule has 0 aliphatic carbocycles. The summed E-state index contributed by atoms with van der Waals surface area (Å²) in [5.74, 6) is 2.77. The van der Waals surface area contributed by atoms with Gasteiger partial charge in [-0.1, -0.05) is 6.07 Å². The highest BCUT2D eigenvalue weighted by molar-refractivity contribution is 5.45. The van der Waals surface area contributed by atoms with Crippen molar-refractivity contribution in [3.05, 3.63) is 47.9 Å². The first-order chi connectivity index (χ1) is 8.86. The second-order valence-corrected chi connectivity index (χ2v) is 4.33. The first-order valence-corrected chi connectivity index (χ1v) is 5.99. The van der Waals surface area contributed by atoms with E-state index in [0.717, 1.165) is 29.2 Å². The van der Waals surface area contributed by atoms with Crippen LogP contribution in [0.4, 0.5) is 0 Å². The van der Waals surface area contributed by atoms with Crippen LogP contribution in [-0.4, -0.2) is 13.3 Å². The van der Waals surface area contributed by atoms with Crippen LogP contribution in [0.25, 0.3) is 0 Å². The third-order valence-electron chi connectivity index (χ3n) is 3.18. The van der Waals surface area contributed by atoms with E-state index in [0.29, 0.717) is 13.3 Å². The first kappa shape index (κ1) is 11.2. The zero-order valence-electron chi connectivity index (χ0n) is 9.96. The lowest BCUT2D eigenvalue weighted by molar-refractivity contribution is 0.174. The van der Waals surface area contributed by atoms with Crippen LogP contribution in [-0.2, 0) is 6.42 Å². The number of fused-ring (bicyclic) bond motifs is 1. The number of benzene rings is 1. The Kier molecular flexibility index (Phi) is 2.94. The Bertz CT molecular complexity index is 522.